The second kappa shape index (κ2) is 9.14. The molecule has 0 spiro atoms. The Bertz CT molecular complexity index is 901. The van der Waals surface area contributed by atoms with Crippen LogP contribution in [-0.2, 0) is 4.79 Å². The molecule has 0 aliphatic rings. The van der Waals surface area contributed by atoms with Crippen molar-refractivity contribution in [1.29, 1.82) is 0 Å². The van der Waals surface area contributed by atoms with E-state index in [4.69, 9.17) is 51.5 Å². The van der Waals surface area contributed by atoms with Crippen molar-refractivity contribution in [3.05, 3.63) is 56.0 Å². The summed E-state index contributed by atoms with van der Waals surface area (Å²) in [5.41, 5.74) is 0.106. The fourth-order valence-corrected chi connectivity index (χ4v) is 2.79. The number of aliphatic carboxylic acids is 1. The fourth-order valence-electron chi connectivity index (χ4n) is 1.97. The van der Waals surface area contributed by atoms with Crippen LogP contribution in [0, 0.1) is 0 Å². The minimum atomic E-state index is -1.23. The average molecular weight is 451 g/mol. The zero-order chi connectivity index (χ0) is 20.1. The lowest BCUT2D eigenvalue weighted by molar-refractivity contribution is -0.135. The Balaban J connectivity index is 2.26. The molecule has 0 fully saturated rings. The summed E-state index contributed by atoms with van der Waals surface area (Å²) in [6.07, 6.45) is 0. The van der Waals surface area contributed by atoms with Crippen molar-refractivity contribution in [3.8, 4) is 0 Å². The molecule has 11 heteroatoms. The largest absolute Gasteiger partial charge is 0.480 e. The molecule has 0 saturated heterocycles. The minimum absolute atomic E-state index is 0.00737. The summed E-state index contributed by atoms with van der Waals surface area (Å²) in [4.78, 5) is 35.1. The van der Waals surface area contributed by atoms with E-state index >= 15 is 0 Å². The van der Waals surface area contributed by atoms with Crippen molar-refractivity contribution < 1.29 is 19.5 Å². The smallest absolute Gasteiger partial charge is 0.323 e. The van der Waals surface area contributed by atoms with Gasteiger partial charge in [0.1, 0.15) is 6.54 Å². The molecule has 0 aliphatic heterocycles. The van der Waals surface area contributed by atoms with E-state index in [1.807, 2.05) is 0 Å². The molecular weight excluding hydrogens is 440 g/mol. The predicted molar refractivity (Wildman–Crippen MR) is 106 cm³/mol. The second-order valence-electron chi connectivity index (χ2n) is 5.06. The molecule has 0 bridgehead atoms. The van der Waals surface area contributed by atoms with Crippen molar-refractivity contribution in [2.24, 2.45) is 0 Å². The zero-order valence-corrected chi connectivity index (χ0v) is 16.3. The number of anilines is 2. The third kappa shape index (κ3) is 5.64. The first-order chi connectivity index (χ1) is 12.7. The molecule has 27 heavy (non-hydrogen) atoms. The van der Waals surface area contributed by atoms with Gasteiger partial charge in [-0.3, -0.25) is 9.59 Å². The topological polar surface area (TPSA) is 108 Å². The first-order valence-corrected chi connectivity index (χ1v) is 8.71. The van der Waals surface area contributed by atoms with Crippen LogP contribution in [0.15, 0.2) is 30.3 Å². The molecule has 2 rings (SSSR count). The Hall–Kier alpha value is -2.19. The van der Waals surface area contributed by atoms with E-state index in [2.05, 4.69) is 16.0 Å². The maximum absolute atomic E-state index is 12.3. The van der Waals surface area contributed by atoms with E-state index in [9.17, 15) is 14.4 Å². The third-order valence-electron chi connectivity index (χ3n) is 3.15. The van der Waals surface area contributed by atoms with Crippen LogP contribution in [0.2, 0.25) is 20.1 Å². The molecular formula is C16H11Cl4N3O4. The summed E-state index contributed by atoms with van der Waals surface area (Å²) >= 11 is 23.8. The number of hydrogen-bond donors (Lipinski definition) is 4. The van der Waals surface area contributed by atoms with Crippen LogP contribution in [-0.4, -0.2) is 29.6 Å². The quantitative estimate of drug-likeness (QED) is 0.526. The Morgan fingerprint density at radius 3 is 2.07 bits per heavy atom. The van der Waals surface area contributed by atoms with Gasteiger partial charge in [-0.25, -0.2) is 4.79 Å². The second-order valence-corrected chi connectivity index (χ2v) is 6.69. The Morgan fingerprint density at radius 2 is 1.48 bits per heavy atom. The summed E-state index contributed by atoms with van der Waals surface area (Å²) < 4.78 is 0. The Kier molecular flexibility index (Phi) is 7.15. The number of benzene rings is 2. The number of amides is 3. The lowest BCUT2D eigenvalue weighted by atomic mass is 10.1. The van der Waals surface area contributed by atoms with E-state index in [0.717, 1.165) is 0 Å². The van der Waals surface area contributed by atoms with Gasteiger partial charge in [-0.2, -0.15) is 0 Å². The Labute approximate surface area is 173 Å². The third-order valence-corrected chi connectivity index (χ3v) is 4.51. The van der Waals surface area contributed by atoms with E-state index in [1.54, 1.807) is 6.07 Å². The molecule has 2 aromatic carbocycles. The molecule has 0 saturated carbocycles. The molecule has 0 atom stereocenters. The number of rotatable bonds is 5. The normalized spacial score (nSPS) is 10.2. The lowest BCUT2D eigenvalue weighted by Crippen LogP contribution is -2.30. The summed E-state index contributed by atoms with van der Waals surface area (Å²) in [6.45, 7) is -0.611. The van der Waals surface area contributed by atoms with Crippen LogP contribution in [0.3, 0.4) is 0 Å². The van der Waals surface area contributed by atoms with E-state index in [1.165, 1.54) is 24.3 Å². The molecule has 4 N–H and O–H groups in total. The maximum Gasteiger partial charge on any atom is 0.323 e. The van der Waals surface area contributed by atoms with Gasteiger partial charge in [0, 0.05) is 0 Å². The zero-order valence-electron chi connectivity index (χ0n) is 13.3. The number of halogens is 4. The number of nitrogens with one attached hydrogen (secondary N) is 3. The van der Waals surface area contributed by atoms with Crippen LogP contribution in [0.5, 0.6) is 0 Å². The van der Waals surface area contributed by atoms with E-state index in [0.29, 0.717) is 0 Å². The monoisotopic (exact) mass is 449 g/mol. The summed E-state index contributed by atoms with van der Waals surface area (Å²) in [6, 6.07) is 6.39. The van der Waals surface area contributed by atoms with Gasteiger partial charge in [0.15, 0.2) is 0 Å². The Morgan fingerprint density at radius 1 is 0.889 bits per heavy atom. The molecule has 0 aliphatic carbocycles. The number of para-hydroxylation sites is 1. The molecule has 0 unspecified atom stereocenters. The highest BCUT2D eigenvalue weighted by molar-refractivity contribution is 6.42. The maximum atomic E-state index is 12.3. The first kappa shape index (κ1) is 21.1. The number of hydrogen-bond acceptors (Lipinski definition) is 3. The van der Waals surface area contributed by atoms with Crippen molar-refractivity contribution >= 4 is 75.7 Å². The van der Waals surface area contributed by atoms with Gasteiger partial charge in [0.05, 0.1) is 37.0 Å². The number of carboxylic acids is 1. The molecule has 3 amide bonds. The molecule has 2 aromatic rings. The number of carbonyl (C=O) groups is 3. The molecule has 7 nitrogen and oxygen atoms in total. The average Bonchev–Trinajstić information content (AvgIpc) is 2.59. The summed E-state index contributed by atoms with van der Waals surface area (Å²) in [7, 11) is 0. The highest BCUT2D eigenvalue weighted by atomic mass is 35.5. The molecule has 142 valence electrons. The lowest BCUT2D eigenvalue weighted by Gasteiger charge is -2.14. The predicted octanol–water partition coefficient (Wildman–Crippen LogP) is 4.76. The minimum Gasteiger partial charge on any atom is -0.480 e. The van der Waals surface area contributed by atoms with Gasteiger partial charge >= 0.3 is 12.0 Å². The fraction of sp³-hybridized carbons (Fsp3) is 0.0625. The van der Waals surface area contributed by atoms with Gasteiger partial charge in [0.2, 0.25) is 0 Å². The van der Waals surface area contributed by atoms with Gasteiger partial charge in [-0.1, -0.05) is 52.5 Å². The number of carbonyl (C=O) groups excluding carboxylic acids is 2. The van der Waals surface area contributed by atoms with Crippen LogP contribution in [0.25, 0.3) is 0 Å². The first-order valence-electron chi connectivity index (χ1n) is 7.20. The van der Waals surface area contributed by atoms with Crippen molar-refractivity contribution in [2.45, 2.75) is 0 Å². The summed E-state index contributed by atoms with van der Waals surface area (Å²) in [5, 5.41) is 16.3. The SMILES string of the molecule is O=C(O)CNC(=O)c1cc(Cl)c(Cl)cc1NC(=O)Nc1c(Cl)cccc1Cl. The molecule has 0 radical (unpaired) electrons. The van der Waals surface area contributed by atoms with Crippen LogP contribution in [0.1, 0.15) is 10.4 Å². The highest BCUT2D eigenvalue weighted by Crippen LogP contribution is 2.31. The van der Waals surface area contributed by atoms with Crippen LogP contribution >= 0.6 is 46.4 Å². The number of urea groups is 1. The van der Waals surface area contributed by atoms with Gasteiger partial charge in [0.25, 0.3) is 5.91 Å². The molecule has 0 aromatic heterocycles. The molecule has 0 heterocycles. The van der Waals surface area contributed by atoms with Crippen molar-refractivity contribution in [2.75, 3.05) is 17.2 Å². The van der Waals surface area contributed by atoms with Gasteiger partial charge in [-0.05, 0) is 24.3 Å². The van der Waals surface area contributed by atoms with Crippen LogP contribution in [0.4, 0.5) is 16.2 Å². The van der Waals surface area contributed by atoms with E-state index in [-0.39, 0.29) is 37.0 Å². The highest BCUT2D eigenvalue weighted by Gasteiger charge is 2.18. The van der Waals surface area contributed by atoms with Crippen molar-refractivity contribution in [1.82, 2.24) is 5.32 Å². The van der Waals surface area contributed by atoms with Gasteiger partial charge in [-0.15, -0.1) is 0 Å². The van der Waals surface area contributed by atoms with E-state index < -0.39 is 24.5 Å². The van der Waals surface area contributed by atoms with Crippen molar-refractivity contribution in [3.63, 3.8) is 0 Å². The summed E-state index contributed by atoms with van der Waals surface area (Å²) in [5.74, 6) is -1.99. The number of carboxylic acid groups (broad SMARTS) is 1. The van der Waals surface area contributed by atoms with Gasteiger partial charge < -0.3 is 21.1 Å². The standard InChI is InChI=1S/C16H11Cl4N3O4/c17-8-2-1-3-9(18)14(8)23-16(27)22-12-5-11(20)10(19)4-7(12)15(26)21-6-13(24)25/h1-5H,6H2,(H,21,26)(H,24,25)(H2,22,23,27). The van der Waals surface area contributed by atoms with Crippen LogP contribution < -0.4 is 16.0 Å².